The van der Waals surface area contributed by atoms with E-state index in [2.05, 4.69) is 5.32 Å². The lowest BCUT2D eigenvalue weighted by atomic mass is 10.1. The van der Waals surface area contributed by atoms with Crippen LogP contribution in [0.4, 0.5) is 10.1 Å². The molecule has 0 aromatic heterocycles. The highest BCUT2D eigenvalue weighted by Gasteiger charge is 2.26. The third-order valence-corrected chi connectivity index (χ3v) is 3.19. The van der Waals surface area contributed by atoms with Gasteiger partial charge in [0.1, 0.15) is 5.82 Å². The van der Waals surface area contributed by atoms with Crippen LogP contribution in [-0.4, -0.2) is 40.9 Å². The molecule has 1 aromatic carbocycles. The molecule has 1 N–H and O–H groups in total. The van der Waals surface area contributed by atoms with Gasteiger partial charge >= 0.3 is 0 Å². The zero-order valence-corrected chi connectivity index (χ0v) is 12.5. The monoisotopic (exact) mass is 317 g/mol. The van der Waals surface area contributed by atoms with Crippen molar-refractivity contribution in [3.8, 4) is 0 Å². The van der Waals surface area contributed by atoms with Gasteiger partial charge in [0.05, 0.1) is 11.0 Å². The van der Waals surface area contributed by atoms with Crippen LogP contribution in [0.15, 0.2) is 18.2 Å². The van der Waals surface area contributed by atoms with E-state index in [-0.39, 0.29) is 36.0 Å². The molecule has 1 aliphatic heterocycles. The predicted octanol–water partition coefficient (Wildman–Crippen LogP) is 1.98. The molecule has 1 aliphatic rings. The van der Waals surface area contributed by atoms with Crippen LogP contribution in [0, 0.1) is 15.9 Å². The molecule has 0 saturated carbocycles. The molecular formula is C13H17ClFN3O3. The quantitative estimate of drug-likeness (QED) is 0.668. The number of hydrogen-bond acceptors (Lipinski definition) is 4. The summed E-state index contributed by atoms with van der Waals surface area (Å²) in [6.45, 7) is 4.88. The molecule has 21 heavy (non-hydrogen) atoms. The summed E-state index contributed by atoms with van der Waals surface area (Å²) in [4.78, 5) is 23.9. The first kappa shape index (κ1) is 17.3. The van der Waals surface area contributed by atoms with Gasteiger partial charge in [-0.05, 0) is 19.9 Å². The number of carbonyl (C=O) groups is 1. The maximum absolute atomic E-state index is 13.4. The molecule has 2 rings (SSSR count). The molecule has 6 nitrogen and oxygen atoms in total. The van der Waals surface area contributed by atoms with Gasteiger partial charge in [0.25, 0.3) is 11.6 Å². The van der Waals surface area contributed by atoms with Crippen LogP contribution in [0.1, 0.15) is 24.2 Å². The average Bonchev–Trinajstić information content (AvgIpc) is 2.35. The zero-order chi connectivity index (χ0) is 14.9. The van der Waals surface area contributed by atoms with E-state index >= 15 is 0 Å². The van der Waals surface area contributed by atoms with Crippen LogP contribution in [0.5, 0.6) is 0 Å². The molecule has 0 radical (unpaired) electrons. The number of benzene rings is 1. The summed E-state index contributed by atoms with van der Waals surface area (Å²) in [5, 5.41) is 14.0. The Labute approximate surface area is 127 Å². The normalized spacial score (nSPS) is 21.6. The summed E-state index contributed by atoms with van der Waals surface area (Å²) >= 11 is 0. The molecule has 0 bridgehead atoms. The minimum absolute atomic E-state index is 0. The topological polar surface area (TPSA) is 75.5 Å². The number of rotatable bonds is 2. The highest BCUT2D eigenvalue weighted by molar-refractivity contribution is 5.95. The number of halogens is 2. The maximum atomic E-state index is 13.4. The molecule has 1 heterocycles. The molecule has 1 fully saturated rings. The number of nitrogens with one attached hydrogen (secondary N) is 1. The van der Waals surface area contributed by atoms with E-state index in [1.807, 2.05) is 13.8 Å². The lowest BCUT2D eigenvalue weighted by Gasteiger charge is -2.36. The van der Waals surface area contributed by atoms with E-state index in [4.69, 9.17) is 0 Å². The number of nitrogens with zero attached hydrogens (tertiary/aromatic N) is 2. The first-order chi connectivity index (χ1) is 9.36. The van der Waals surface area contributed by atoms with Crippen LogP contribution in [0.3, 0.4) is 0 Å². The highest BCUT2D eigenvalue weighted by atomic mass is 35.5. The van der Waals surface area contributed by atoms with Crippen molar-refractivity contribution in [1.82, 2.24) is 10.2 Å². The summed E-state index contributed by atoms with van der Waals surface area (Å²) in [5.74, 6) is -1.16. The van der Waals surface area contributed by atoms with Crippen molar-refractivity contribution in [1.29, 1.82) is 0 Å². The van der Waals surface area contributed by atoms with E-state index < -0.39 is 16.4 Å². The number of piperazine rings is 1. The molecule has 1 saturated heterocycles. The molecule has 2 atom stereocenters. The minimum atomic E-state index is -0.779. The summed E-state index contributed by atoms with van der Waals surface area (Å²) in [6, 6.07) is 3.22. The van der Waals surface area contributed by atoms with Crippen molar-refractivity contribution in [2.75, 3.05) is 13.1 Å². The SMILES string of the molecule is CC1CN(C(=O)c2cc(F)cc([N+](=O)[O-])c2)CC(C)N1.Cl. The van der Waals surface area contributed by atoms with Crippen LogP contribution in [-0.2, 0) is 0 Å². The number of nitro benzene ring substituents is 1. The predicted molar refractivity (Wildman–Crippen MR) is 78.3 cm³/mol. The molecule has 1 aromatic rings. The van der Waals surface area contributed by atoms with Crippen molar-refractivity contribution in [3.63, 3.8) is 0 Å². The number of hydrogen-bond donors (Lipinski definition) is 1. The van der Waals surface area contributed by atoms with Crippen LogP contribution in [0.25, 0.3) is 0 Å². The third kappa shape index (κ3) is 4.12. The molecule has 1 amide bonds. The van der Waals surface area contributed by atoms with Crippen molar-refractivity contribution in [3.05, 3.63) is 39.7 Å². The Balaban J connectivity index is 0.00000220. The fraction of sp³-hybridized carbons (Fsp3) is 0.462. The van der Waals surface area contributed by atoms with Gasteiger partial charge < -0.3 is 10.2 Å². The summed E-state index contributed by atoms with van der Waals surface area (Å²) in [7, 11) is 0. The van der Waals surface area contributed by atoms with E-state index in [9.17, 15) is 19.3 Å². The Morgan fingerprint density at radius 1 is 1.33 bits per heavy atom. The van der Waals surface area contributed by atoms with E-state index in [1.165, 1.54) is 0 Å². The highest BCUT2D eigenvalue weighted by Crippen LogP contribution is 2.18. The van der Waals surface area contributed by atoms with E-state index in [0.717, 1.165) is 18.2 Å². The fourth-order valence-corrected chi connectivity index (χ4v) is 2.48. The van der Waals surface area contributed by atoms with Crippen molar-refractivity contribution < 1.29 is 14.1 Å². The second-order valence-corrected chi connectivity index (χ2v) is 5.13. The van der Waals surface area contributed by atoms with Gasteiger partial charge in [0.15, 0.2) is 0 Å². The standard InChI is InChI=1S/C13H16FN3O3.ClH/c1-8-6-16(7-9(2)15-8)13(18)10-3-11(14)5-12(4-10)17(19)20;/h3-5,8-9,15H,6-7H2,1-2H3;1H. The van der Waals surface area contributed by atoms with Crippen LogP contribution in [0.2, 0.25) is 0 Å². The maximum Gasteiger partial charge on any atom is 0.273 e. The molecule has 8 heteroatoms. The van der Waals surface area contributed by atoms with Gasteiger partial charge in [-0.25, -0.2) is 4.39 Å². The fourth-order valence-electron chi connectivity index (χ4n) is 2.48. The largest absolute Gasteiger partial charge is 0.336 e. The van der Waals surface area contributed by atoms with E-state index in [0.29, 0.717) is 13.1 Å². The van der Waals surface area contributed by atoms with Gasteiger partial charge in [-0.1, -0.05) is 0 Å². The number of carbonyl (C=O) groups excluding carboxylic acids is 1. The van der Waals surface area contributed by atoms with Crippen LogP contribution >= 0.6 is 12.4 Å². The smallest absolute Gasteiger partial charge is 0.273 e. The molecule has 116 valence electrons. The van der Waals surface area contributed by atoms with Crippen molar-refractivity contribution in [2.45, 2.75) is 25.9 Å². The summed E-state index contributed by atoms with van der Waals surface area (Å²) in [6.07, 6.45) is 0. The van der Waals surface area contributed by atoms with Gasteiger partial charge in [-0.15, -0.1) is 12.4 Å². The average molecular weight is 318 g/mol. The van der Waals surface area contributed by atoms with Crippen molar-refractivity contribution in [2.24, 2.45) is 0 Å². The third-order valence-electron chi connectivity index (χ3n) is 3.19. The minimum Gasteiger partial charge on any atom is -0.336 e. The van der Waals surface area contributed by atoms with Crippen molar-refractivity contribution >= 4 is 24.0 Å². The Kier molecular flexibility index (Phi) is 5.62. The molecule has 0 spiro atoms. The number of non-ortho nitro benzene ring substituents is 1. The van der Waals surface area contributed by atoms with E-state index in [1.54, 1.807) is 4.90 Å². The summed E-state index contributed by atoms with van der Waals surface area (Å²) in [5.41, 5.74) is -0.400. The van der Waals surface area contributed by atoms with Gasteiger partial charge in [0, 0.05) is 36.8 Å². The first-order valence-electron chi connectivity index (χ1n) is 6.37. The molecule has 0 aliphatic carbocycles. The Bertz CT molecular complexity index is 545. The lowest BCUT2D eigenvalue weighted by molar-refractivity contribution is -0.385. The van der Waals surface area contributed by atoms with Gasteiger partial charge in [0.2, 0.25) is 0 Å². The second-order valence-electron chi connectivity index (χ2n) is 5.13. The number of nitro groups is 1. The lowest BCUT2D eigenvalue weighted by Crippen LogP contribution is -2.55. The van der Waals surface area contributed by atoms with Gasteiger partial charge in [-0.2, -0.15) is 0 Å². The molecule has 2 unspecified atom stereocenters. The zero-order valence-electron chi connectivity index (χ0n) is 11.7. The first-order valence-corrected chi connectivity index (χ1v) is 6.37. The summed E-state index contributed by atoms with van der Waals surface area (Å²) < 4.78 is 13.4. The number of amides is 1. The Morgan fingerprint density at radius 3 is 2.43 bits per heavy atom. The molecular weight excluding hydrogens is 301 g/mol. The second kappa shape index (κ2) is 6.82. The van der Waals surface area contributed by atoms with Gasteiger partial charge in [-0.3, -0.25) is 14.9 Å². The Hall–Kier alpha value is -1.73. The van der Waals surface area contributed by atoms with Crippen LogP contribution < -0.4 is 5.32 Å². The Morgan fingerprint density at radius 2 is 1.90 bits per heavy atom.